The van der Waals surface area contributed by atoms with Crippen molar-refractivity contribution in [1.82, 2.24) is 13.8 Å². The molecule has 1 saturated carbocycles. The van der Waals surface area contributed by atoms with Gasteiger partial charge in [0.1, 0.15) is 5.82 Å². The summed E-state index contributed by atoms with van der Waals surface area (Å²) in [6.07, 6.45) is 3.38. The van der Waals surface area contributed by atoms with Crippen LogP contribution in [0.2, 0.25) is 0 Å². The Morgan fingerprint density at radius 1 is 1.21 bits per heavy atom. The third-order valence-electron chi connectivity index (χ3n) is 5.01. The predicted molar refractivity (Wildman–Crippen MR) is 109 cm³/mol. The van der Waals surface area contributed by atoms with Crippen LogP contribution in [-0.4, -0.2) is 47.2 Å². The van der Waals surface area contributed by atoms with Crippen LogP contribution in [0.3, 0.4) is 0 Å². The summed E-state index contributed by atoms with van der Waals surface area (Å²) in [4.78, 5) is 14.9. The second kappa shape index (κ2) is 8.67. The summed E-state index contributed by atoms with van der Waals surface area (Å²) in [6.45, 7) is 4.81. The van der Waals surface area contributed by atoms with Crippen LogP contribution in [0.5, 0.6) is 0 Å². The zero-order valence-corrected chi connectivity index (χ0v) is 17.9. The molecule has 0 spiro atoms. The second-order valence-electron chi connectivity index (χ2n) is 8.01. The number of hydrogen-bond donors (Lipinski definition) is 0. The van der Waals surface area contributed by atoms with Crippen molar-refractivity contribution in [2.75, 3.05) is 13.1 Å². The monoisotopic (exact) mass is 421 g/mol. The molecule has 0 radical (unpaired) electrons. The molecule has 8 heteroatoms. The van der Waals surface area contributed by atoms with Crippen LogP contribution in [0.4, 0.5) is 4.39 Å². The van der Waals surface area contributed by atoms with Crippen molar-refractivity contribution in [2.24, 2.45) is 13.0 Å². The number of sulfonamides is 1. The molecule has 0 N–H and O–H groups in total. The van der Waals surface area contributed by atoms with Crippen LogP contribution in [0, 0.1) is 11.7 Å². The number of hydrogen-bond acceptors (Lipinski definition) is 3. The summed E-state index contributed by atoms with van der Waals surface area (Å²) in [5.41, 5.74) is 0.985. The van der Waals surface area contributed by atoms with E-state index < -0.39 is 15.8 Å². The van der Waals surface area contributed by atoms with Gasteiger partial charge in [-0.15, -0.1) is 0 Å². The number of carbonyl (C=O) groups is 1. The number of halogens is 1. The van der Waals surface area contributed by atoms with Gasteiger partial charge in [-0.3, -0.25) is 4.79 Å². The molecule has 1 fully saturated rings. The number of aryl methyl sites for hydroxylation is 1. The summed E-state index contributed by atoms with van der Waals surface area (Å²) in [6, 6.07) is 8.45. The van der Waals surface area contributed by atoms with Gasteiger partial charge < -0.3 is 9.47 Å². The fourth-order valence-corrected chi connectivity index (χ4v) is 4.93. The first-order valence-corrected chi connectivity index (χ1v) is 11.3. The zero-order chi connectivity index (χ0) is 21.2. The summed E-state index contributed by atoms with van der Waals surface area (Å²) in [7, 11) is -1.95. The molecule has 1 heterocycles. The van der Waals surface area contributed by atoms with Crippen LogP contribution >= 0.6 is 0 Å². The molecular formula is C21H28FN3O3S. The van der Waals surface area contributed by atoms with Crippen LogP contribution in [-0.2, 0) is 28.4 Å². The van der Waals surface area contributed by atoms with E-state index in [0.717, 1.165) is 30.7 Å². The van der Waals surface area contributed by atoms with Crippen molar-refractivity contribution in [3.63, 3.8) is 0 Å². The number of rotatable bonds is 9. The Bertz CT molecular complexity index is 950. The van der Waals surface area contributed by atoms with Crippen LogP contribution < -0.4 is 0 Å². The lowest BCUT2D eigenvalue weighted by Crippen LogP contribution is -2.44. The van der Waals surface area contributed by atoms with Crippen molar-refractivity contribution in [2.45, 2.75) is 44.2 Å². The van der Waals surface area contributed by atoms with Crippen molar-refractivity contribution in [1.29, 1.82) is 0 Å². The summed E-state index contributed by atoms with van der Waals surface area (Å²) in [5.74, 6) is -0.469. The molecular weight excluding hydrogens is 393 g/mol. The number of aromatic nitrogens is 1. The van der Waals surface area contributed by atoms with E-state index in [-0.39, 0.29) is 29.3 Å². The third-order valence-corrected chi connectivity index (χ3v) is 6.92. The van der Waals surface area contributed by atoms with Gasteiger partial charge in [0.25, 0.3) is 0 Å². The van der Waals surface area contributed by atoms with E-state index >= 15 is 0 Å². The molecule has 1 aliphatic carbocycles. The highest BCUT2D eigenvalue weighted by Crippen LogP contribution is 2.32. The Kier molecular flexibility index (Phi) is 6.43. The molecule has 2 aromatic rings. The molecule has 0 atom stereocenters. The maximum Gasteiger partial charge on any atom is 0.243 e. The lowest BCUT2D eigenvalue weighted by atomic mass is 10.2. The summed E-state index contributed by atoms with van der Waals surface area (Å²) in [5, 5.41) is 0. The molecule has 6 nitrogen and oxygen atoms in total. The topological polar surface area (TPSA) is 62.6 Å². The minimum absolute atomic E-state index is 0.0106. The van der Waals surface area contributed by atoms with Crippen LogP contribution in [0.15, 0.2) is 47.5 Å². The highest BCUT2D eigenvalue weighted by atomic mass is 32.2. The second-order valence-corrected chi connectivity index (χ2v) is 9.90. The quantitative estimate of drug-likeness (QED) is 0.625. The average molecular weight is 422 g/mol. The van der Waals surface area contributed by atoms with Gasteiger partial charge in [-0.05, 0) is 55.2 Å². The van der Waals surface area contributed by atoms with Gasteiger partial charge in [-0.1, -0.05) is 13.8 Å². The fraction of sp³-hybridized carbons (Fsp3) is 0.476. The number of amides is 1. The van der Waals surface area contributed by atoms with Gasteiger partial charge >= 0.3 is 0 Å². The van der Waals surface area contributed by atoms with E-state index in [2.05, 4.69) is 0 Å². The van der Waals surface area contributed by atoms with E-state index in [4.69, 9.17) is 0 Å². The first kappa shape index (κ1) is 21.5. The lowest BCUT2D eigenvalue weighted by Gasteiger charge is -2.28. The van der Waals surface area contributed by atoms with E-state index in [1.807, 2.05) is 43.8 Å². The Morgan fingerprint density at radius 3 is 2.38 bits per heavy atom. The average Bonchev–Trinajstić information content (AvgIpc) is 3.41. The third kappa shape index (κ3) is 5.25. The fourth-order valence-electron chi connectivity index (χ4n) is 3.30. The normalized spacial score (nSPS) is 14.6. The van der Waals surface area contributed by atoms with Gasteiger partial charge in [0.2, 0.25) is 15.9 Å². The smallest absolute Gasteiger partial charge is 0.243 e. The first-order chi connectivity index (χ1) is 13.7. The van der Waals surface area contributed by atoms with E-state index in [1.165, 1.54) is 16.4 Å². The Hall–Kier alpha value is -2.19. The van der Waals surface area contributed by atoms with Gasteiger partial charge in [-0.25, -0.2) is 12.8 Å². The largest absolute Gasteiger partial charge is 0.353 e. The highest BCUT2D eigenvalue weighted by Gasteiger charge is 2.40. The van der Waals surface area contributed by atoms with Gasteiger partial charge in [0.15, 0.2) is 0 Å². The van der Waals surface area contributed by atoms with Crippen molar-refractivity contribution in [3.8, 4) is 0 Å². The molecule has 1 aromatic carbocycles. The maximum atomic E-state index is 13.2. The van der Waals surface area contributed by atoms with Crippen molar-refractivity contribution < 1.29 is 17.6 Å². The summed E-state index contributed by atoms with van der Waals surface area (Å²) < 4.78 is 42.7. The standard InChI is InChI=1S/C21H28FN3O3S/c1-16(2)13-24(14-19-5-4-12-23(19)3)21(26)15-25(18-8-9-18)29(27,28)20-10-6-17(22)7-11-20/h4-7,10-12,16,18H,8-9,13-15H2,1-3H3. The lowest BCUT2D eigenvalue weighted by molar-refractivity contribution is -0.132. The Labute approximate surface area is 172 Å². The molecule has 1 aromatic heterocycles. The van der Waals surface area contributed by atoms with Crippen LogP contribution in [0.1, 0.15) is 32.4 Å². The Balaban J connectivity index is 1.81. The van der Waals surface area contributed by atoms with E-state index in [0.29, 0.717) is 13.1 Å². The number of nitrogens with zero attached hydrogens (tertiary/aromatic N) is 3. The highest BCUT2D eigenvalue weighted by molar-refractivity contribution is 7.89. The molecule has 0 saturated heterocycles. The first-order valence-electron chi connectivity index (χ1n) is 9.84. The van der Waals surface area contributed by atoms with Gasteiger partial charge in [0, 0.05) is 31.5 Å². The summed E-state index contributed by atoms with van der Waals surface area (Å²) >= 11 is 0. The molecule has 1 amide bonds. The van der Waals surface area contributed by atoms with Crippen molar-refractivity contribution in [3.05, 3.63) is 54.1 Å². The van der Waals surface area contributed by atoms with E-state index in [1.54, 1.807) is 4.90 Å². The number of benzene rings is 1. The molecule has 0 aliphatic heterocycles. The SMILES string of the molecule is CC(C)CN(Cc1cccn1C)C(=O)CN(C1CC1)S(=O)(=O)c1ccc(F)cc1. The molecule has 0 unspecified atom stereocenters. The number of carbonyl (C=O) groups excluding carboxylic acids is 1. The molecule has 3 rings (SSSR count). The van der Waals surface area contributed by atoms with Crippen LogP contribution in [0.25, 0.3) is 0 Å². The van der Waals surface area contributed by atoms with E-state index in [9.17, 15) is 17.6 Å². The maximum absolute atomic E-state index is 13.2. The minimum atomic E-state index is -3.87. The molecule has 0 bridgehead atoms. The predicted octanol–water partition coefficient (Wildman–Crippen LogP) is 3.00. The van der Waals surface area contributed by atoms with Crippen molar-refractivity contribution >= 4 is 15.9 Å². The molecule has 158 valence electrons. The zero-order valence-electron chi connectivity index (χ0n) is 17.1. The minimum Gasteiger partial charge on any atom is -0.353 e. The Morgan fingerprint density at radius 2 is 1.86 bits per heavy atom. The molecule has 1 aliphatic rings. The van der Waals surface area contributed by atoms with Gasteiger partial charge in [0.05, 0.1) is 18.0 Å². The molecule has 29 heavy (non-hydrogen) atoms. The van der Waals surface area contributed by atoms with Gasteiger partial charge in [-0.2, -0.15) is 4.31 Å².